The lowest BCUT2D eigenvalue weighted by molar-refractivity contribution is -0.144. The molecule has 0 aliphatic carbocycles. The molecular formula is C15H13F3N4. The van der Waals surface area contributed by atoms with E-state index in [4.69, 9.17) is 0 Å². The minimum atomic E-state index is -4.58. The van der Waals surface area contributed by atoms with Gasteiger partial charge in [-0.05, 0) is 31.0 Å². The van der Waals surface area contributed by atoms with Crippen LogP contribution in [-0.2, 0) is 12.6 Å². The number of aryl methyl sites for hydroxylation is 2. The van der Waals surface area contributed by atoms with Crippen molar-refractivity contribution in [2.75, 3.05) is 0 Å². The van der Waals surface area contributed by atoms with Crippen LogP contribution >= 0.6 is 0 Å². The Morgan fingerprint density at radius 2 is 1.95 bits per heavy atom. The molecule has 2 heterocycles. The van der Waals surface area contributed by atoms with Gasteiger partial charge in [0.15, 0.2) is 5.65 Å². The van der Waals surface area contributed by atoms with Gasteiger partial charge in [-0.25, -0.2) is 15.0 Å². The van der Waals surface area contributed by atoms with E-state index in [2.05, 4.69) is 15.0 Å². The lowest BCUT2D eigenvalue weighted by Gasteiger charge is -2.09. The second kappa shape index (κ2) is 5.08. The van der Waals surface area contributed by atoms with Gasteiger partial charge in [0.2, 0.25) is 5.82 Å². The summed E-state index contributed by atoms with van der Waals surface area (Å²) in [6.07, 6.45) is -2.75. The molecule has 0 spiro atoms. The Bertz CT molecular complexity index is 836. The zero-order valence-electron chi connectivity index (χ0n) is 12.0. The summed E-state index contributed by atoms with van der Waals surface area (Å²) < 4.78 is 40.5. The first kappa shape index (κ1) is 14.5. The highest BCUT2D eigenvalue weighted by molar-refractivity contribution is 5.75. The Labute approximate surface area is 124 Å². The van der Waals surface area contributed by atoms with Crippen LogP contribution in [0.3, 0.4) is 0 Å². The summed E-state index contributed by atoms with van der Waals surface area (Å²) in [6, 6.07) is 7.41. The Kier molecular flexibility index (Phi) is 3.35. The molecule has 0 bridgehead atoms. The summed E-state index contributed by atoms with van der Waals surface area (Å²) in [4.78, 5) is 11.5. The number of halogens is 3. The van der Waals surface area contributed by atoms with Crippen molar-refractivity contribution in [1.29, 1.82) is 0 Å². The van der Waals surface area contributed by atoms with Gasteiger partial charge >= 0.3 is 6.18 Å². The summed E-state index contributed by atoms with van der Waals surface area (Å²) in [7, 11) is 0. The number of hydrogen-bond donors (Lipinski definition) is 0. The number of rotatable bonds is 2. The SMILES string of the molecule is CCc1nc(C(F)(F)F)nc2c1ncn2-c1cccc(C)c1. The first-order valence-electron chi connectivity index (χ1n) is 6.78. The summed E-state index contributed by atoms with van der Waals surface area (Å²) in [5.41, 5.74) is 2.59. The number of fused-ring (bicyclic) bond motifs is 1. The fraction of sp³-hybridized carbons (Fsp3) is 0.267. The molecule has 0 fully saturated rings. The van der Waals surface area contributed by atoms with Crippen LogP contribution in [0.2, 0.25) is 0 Å². The maximum atomic E-state index is 13.0. The number of benzene rings is 1. The molecule has 0 aliphatic heterocycles. The molecule has 2 aromatic heterocycles. The Balaban J connectivity index is 2.29. The van der Waals surface area contributed by atoms with Gasteiger partial charge in [-0.15, -0.1) is 0 Å². The minimum absolute atomic E-state index is 0.171. The molecule has 7 heteroatoms. The zero-order chi connectivity index (χ0) is 15.9. The molecule has 3 aromatic rings. The lowest BCUT2D eigenvalue weighted by Crippen LogP contribution is -2.13. The standard InChI is InChI=1S/C15H13F3N4/c1-3-11-12-13(21-14(20-11)15(16,17)18)22(8-19-12)10-6-4-5-9(2)7-10/h4-8H,3H2,1-2H3. The second-order valence-electron chi connectivity index (χ2n) is 4.97. The summed E-state index contributed by atoms with van der Waals surface area (Å²) in [5, 5.41) is 0. The van der Waals surface area contributed by atoms with Crippen LogP contribution in [0.25, 0.3) is 16.9 Å². The van der Waals surface area contributed by atoms with Crippen LogP contribution in [-0.4, -0.2) is 19.5 Å². The van der Waals surface area contributed by atoms with Crippen LogP contribution < -0.4 is 0 Å². The number of nitrogens with zero attached hydrogens (tertiary/aromatic N) is 4. The van der Waals surface area contributed by atoms with E-state index in [-0.39, 0.29) is 5.65 Å². The molecule has 0 unspecified atom stereocenters. The number of imidazole rings is 1. The summed E-state index contributed by atoms with van der Waals surface area (Å²) in [5.74, 6) is -1.13. The van der Waals surface area contributed by atoms with Crippen LogP contribution in [0.1, 0.15) is 24.0 Å². The highest BCUT2D eigenvalue weighted by Crippen LogP contribution is 2.29. The van der Waals surface area contributed by atoms with E-state index in [9.17, 15) is 13.2 Å². The van der Waals surface area contributed by atoms with Gasteiger partial charge in [-0.2, -0.15) is 13.2 Å². The number of alkyl halides is 3. The summed E-state index contributed by atoms with van der Waals surface area (Å²) in [6.45, 7) is 3.66. The van der Waals surface area contributed by atoms with Crippen molar-refractivity contribution in [2.45, 2.75) is 26.4 Å². The Morgan fingerprint density at radius 3 is 2.59 bits per heavy atom. The molecule has 114 valence electrons. The van der Waals surface area contributed by atoms with Crippen molar-refractivity contribution in [3.8, 4) is 5.69 Å². The van der Waals surface area contributed by atoms with Gasteiger partial charge in [-0.3, -0.25) is 4.57 Å². The van der Waals surface area contributed by atoms with E-state index in [0.29, 0.717) is 17.6 Å². The average Bonchev–Trinajstić information content (AvgIpc) is 2.89. The maximum absolute atomic E-state index is 13.0. The van der Waals surface area contributed by atoms with Crippen molar-refractivity contribution in [3.63, 3.8) is 0 Å². The highest BCUT2D eigenvalue weighted by Gasteiger charge is 2.36. The van der Waals surface area contributed by atoms with Crippen LogP contribution in [0, 0.1) is 6.92 Å². The van der Waals surface area contributed by atoms with E-state index in [1.807, 2.05) is 25.1 Å². The lowest BCUT2D eigenvalue weighted by atomic mass is 10.2. The molecule has 0 aliphatic rings. The fourth-order valence-electron chi connectivity index (χ4n) is 2.30. The van der Waals surface area contributed by atoms with Gasteiger partial charge in [0, 0.05) is 5.69 Å². The van der Waals surface area contributed by atoms with E-state index in [1.54, 1.807) is 17.6 Å². The van der Waals surface area contributed by atoms with Crippen LogP contribution in [0.4, 0.5) is 13.2 Å². The highest BCUT2D eigenvalue weighted by atomic mass is 19.4. The monoisotopic (exact) mass is 306 g/mol. The van der Waals surface area contributed by atoms with Crippen LogP contribution in [0.5, 0.6) is 0 Å². The molecule has 0 saturated carbocycles. The number of aromatic nitrogens is 4. The zero-order valence-corrected chi connectivity index (χ0v) is 12.0. The van der Waals surface area contributed by atoms with Crippen molar-refractivity contribution in [2.24, 2.45) is 0 Å². The maximum Gasteiger partial charge on any atom is 0.451 e. The van der Waals surface area contributed by atoms with Gasteiger partial charge in [-0.1, -0.05) is 19.1 Å². The summed E-state index contributed by atoms with van der Waals surface area (Å²) >= 11 is 0. The van der Waals surface area contributed by atoms with Gasteiger partial charge in [0.1, 0.15) is 11.8 Å². The predicted molar refractivity (Wildman–Crippen MR) is 75.8 cm³/mol. The topological polar surface area (TPSA) is 43.6 Å². The predicted octanol–water partition coefficient (Wildman–Crippen LogP) is 3.71. The van der Waals surface area contributed by atoms with Crippen molar-refractivity contribution >= 4 is 11.2 Å². The average molecular weight is 306 g/mol. The van der Waals surface area contributed by atoms with E-state index < -0.39 is 12.0 Å². The van der Waals surface area contributed by atoms with Crippen molar-refractivity contribution in [3.05, 3.63) is 47.7 Å². The van der Waals surface area contributed by atoms with E-state index >= 15 is 0 Å². The third kappa shape index (κ3) is 2.43. The molecule has 3 rings (SSSR count). The van der Waals surface area contributed by atoms with Crippen molar-refractivity contribution in [1.82, 2.24) is 19.5 Å². The third-order valence-electron chi connectivity index (χ3n) is 3.34. The largest absolute Gasteiger partial charge is 0.451 e. The molecule has 0 N–H and O–H groups in total. The van der Waals surface area contributed by atoms with Gasteiger partial charge in [0.05, 0.1) is 5.69 Å². The molecular weight excluding hydrogens is 293 g/mol. The molecule has 0 saturated heterocycles. The second-order valence-corrected chi connectivity index (χ2v) is 4.97. The normalized spacial score (nSPS) is 12.0. The molecule has 4 nitrogen and oxygen atoms in total. The Hall–Kier alpha value is -2.44. The van der Waals surface area contributed by atoms with E-state index in [0.717, 1.165) is 11.3 Å². The van der Waals surface area contributed by atoms with Crippen molar-refractivity contribution < 1.29 is 13.2 Å². The third-order valence-corrected chi connectivity index (χ3v) is 3.34. The molecule has 0 atom stereocenters. The first-order chi connectivity index (χ1) is 10.4. The Morgan fingerprint density at radius 1 is 1.18 bits per heavy atom. The molecule has 0 amide bonds. The van der Waals surface area contributed by atoms with Crippen LogP contribution in [0.15, 0.2) is 30.6 Å². The smallest absolute Gasteiger partial charge is 0.283 e. The fourth-order valence-corrected chi connectivity index (χ4v) is 2.30. The molecule has 22 heavy (non-hydrogen) atoms. The minimum Gasteiger partial charge on any atom is -0.283 e. The van der Waals surface area contributed by atoms with Gasteiger partial charge < -0.3 is 0 Å². The van der Waals surface area contributed by atoms with E-state index in [1.165, 1.54) is 6.33 Å². The van der Waals surface area contributed by atoms with Gasteiger partial charge in [0.25, 0.3) is 0 Å². The quantitative estimate of drug-likeness (QED) is 0.725. The number of hydrogen-bond acceptors (Lipinski definition) is 3. The molecule has 0 radical (unpaired) electrons. The first-order valence-corrected chi connectivity index (χ1v) is 6.78. The molecule has 1 aromatic carbocycles.